The molecule has 3 aromatic rings. The van der Waals surface area contributed by atoms with Crippen molar-refractivity contribution in [2.45, 2.75) is 77.4 Å². The second kappa shape index (κ2) is 9.19. The third kappa shape index (κ3) is 4.32. The minimum absolute atomic E-state index is 0.241. The van der Waals surface area contributed by atoms with Crippen molar-refractivity contribution < 1.29 is 12.3 Å². The Bertz CT molecular complexity index is 1000. The first-order chi connectivity index (χ1) is 16.7. The van der Waals surface area contributed by atoms with Gasteiger partial charge in [0, 0.05) is 15.1 Å². The SMILES string of the molecule is CC(C)(C)[Si]1(c2ccccc2)O[Si](c2ccccc2)(C(C)(C)C)O[Si](c2ccccc2)(C(C)(C)C)O1. The minimum atomic E-state index is -3.12. The Labute approximate surface area is 221 Å². The second-order valence-corrected chi connectivity index (χ2v) is 25.4. The summed E-state index contributed by atoms with van der Waals surface area (Å²) in [5, 5.41) is 2.80. The molecule has 1 aliphatic rings. The molecule has 4 rings (SSSR count). The van der Waals surface area contributed by atoms with Crippen LogP contribution >= 0.6 is 0 Å². The summed E-state index contributed by atoms with van der Waals surface area (Å²) in [6, 6.07) is 32.2. The van der Waals surface area contributed by atoms with Crippen molar-refractivity contribution in [2.75, 3.05) is 0 Å². The standard InChI is InChI=1S/C30H42O3Si3/c1-28(2,3)34(25-19-13-10-14-20-25)31-35(29(4,5)6,26-21-15-11-16-22-26)33-36(32-34,30(7,8)9)27-23-17-12-18-24-27/h10-24H,1-9H3. The van der Waals surface area contributed by atoms with Crippen LogP contribution in [0.1, 0.15) is 62.3 Å². The van der Waals surface area contributed by atoms with Crippen LogP contribution in [0.2, 0.25) is 15.1 Å². The van der Waals surface area contributed by atoms with Gasteiger partial charge < -0.3 is 12.3 Å². The second-order valence-electron chi connectivity index (χ2n) is 13.0. The maximum Gasteiger partial charge on any atom is 0.361 e. The first kappa shape index (κ1) is 27.2. The van der Waals surface area contributed by atoms with Crippen LogP contribution in [0.3, 0.4) is 0 Å². The van der Waals surface area contributed by atoms with Crippen molar-refractivity contribution in [3.63, 3.8) is 0 Å². The monoisotopic (exact) mass is 534 g/mol. The quantitative estimate of drug-likeness (QED) is 0.359. The van der Waals surface area contributed by atoms with E-state index in [0.29, 0.717) is 0 Å². The summed E-state index contributed by atoms with van der Waals surface area (Å²) < 4.78 is 23.1. The molecule has 0 spiro atoms. The highest BCUT2D eigenvalue weighted by Crippen LogP contribution is 2.55. The van der Waals surface area contributed by atoms with E-state index in [-0.39, 0.29) is 15.1 Å². The van der Waals surface area contributed by atoms with Crippen LogP contribution in [0.5, 0.6) is 0 Å². The van der Waals surface area contributed by atoms with Crippen LogP contribution in [0.25, 0.3) is 0 Å². The first-order valence-corrected chi connectivity index (χ1v) is 18.4. The van der Waals surface area contributed by atoms with E-state index in [9.17, 15) is 0 Å². The predicted octanol–water partition coefficient (Wildman–Crippen LogP) is 6.50. The molecule has 1 fully saturated rings. The van der Waals surface area contributed by atoms with Gasteiger partial charge in [0.05, 0.1) is 0 Å². The molecule has 0 aromatic heterocycles. The average molecular weight is 535 g/mol. The molecule has 1 aliphatic heterocycles. The van der Waals surface area contributed by atoms with Crippen LogP contribution in [-0.4, -0.2) is 25.7 Å². The molecular formula is C30H42O3Si3. The summed E-state index contributed by atoms with van der Waals surface area (Å²) in [6.07, 6.45) is 0. The molecule has 0 bridgehead atoms. The van der Waals surface area contributed by atoms with Gasteiger partial charge in [-0.3, -0.25) is 0 Å². The molecular weight excluding hydrogens is 493 g/mol. The maximum absolute atomic E-state index is 7.70. The molecule has 3 nitrogen and oxygen atoms in total. The summed E-state index contributed by atoms with van der Waals surface area (Å²) in [5.41, 5.74) is 0. The normalized spacial score (nSPS) is 27.6. The van der Waals surface area contributed by atoms with Gasteiger partial charge in [0.15, 0.2) is 0 Å². The molecule has 0 N–H and O–H groups in total. The molecule has 0 atom stereocenters. The third-order valence-corrected chi connectivity index (χ3v) is 23.4. The maximum atomic E-state index is 7.70. The molecule has 1 saturated heterocycles. The molecule has 0 unspecified atom stereocenters. The number of hydrogen-bond donors (Lipinski definition) is 0. The lowest BCUT2D eigenvalue weighted by atomic mass is 10.2. The van der Waals surface area contributed by atoms with Crippen molar-refractivity contribution in [2.24, 2.45) is 0 Å². The van der Waals surface area contributed by atoms with E-state index in [2.05, 4.69) is 153 Å². The fourth-order valence-corrected chi connectivity index (χ4v) is 26.4. The zero-order valence-electron chi connectivity index (χ0n) is 23.4. The first-order valence-electron chi connectivity index (χ1n) is 13.0. The molecule has 6 heteroatoms. The van der Waals surface area contributed by atoms with Crippen molar-refractivity contribution in [1.82, 2.24) is 0 Å². The van der Waals surface area contributed by atoms with E-state index >= 15 is 0 Å². The molecule has 0 aliphatic carbocycles. The lowest BCUT2D eigenvalue weighted by Gasteiger charge is -2.62. The Morgan fingerprint density at radius 1 is 0.361 bits per heavy atom. The fraction of sp³-hybridized carbons (Fsp3) is 0.400. The smallest absolute Gasteiger partial charge is 0.361 e. The molecule has 3 aromatic carbocycles. The highest BCUT2D eigenvalue weighted by Gasteiger charge is 2.73. The van der Waals surface area contributed by atoms with E-state index in [0.717, 1.165) is 0 Å². The fourth-order valence-electron chi connectivity index (χ4n) is 5.21. The Kier molecular flexibility index (Phi) is 6.95. The Hall–Kier alpha value is -1.81. The van der Waals surface area contributed by atoms with Crippen molar-refractivity contribution in [3.8, 4) is 0 Å². The van der Waals surface area contributed by atoms with Gasteiger partial charge in [0.25, 0.3) is 0 Å². The van der Waals surface area contributed by atoms with Gasteiger partial charge in [-0.2, -0.15) is 0 Å². The van der Waals surface area contributed by atoms with E-state index in [1.54, 1.807) is 0 Å². The van der Waals surface area contributed by atoms with Crippen LogP contribution in [0.15, 0.2) is 91.0 Å². The Morgan fingerprint density at radius 3 is 0.722 bits per heavy atom. The average Bonchev–Trinajstić information content (AvgIpc) is 2.83. The molecule has 0 saturated carbocycles. The zero-order valence-corrected chi connectivity index (χ0v) is 26.4. The lowest BCUT2D eigenvalue weighted by molar-refractivity contribution is 0.187. The summed E-state index contributed by atoms with van der Waals surface area (Å²) in [6.45, 7) is 20.6. The highest BCUT2D eigenvalue weighted by molar-refractivity contribution is 7.08. The molecule has 0 amide bonds. The van der Waals surface area contributed by atoms with Crippen LogP contribution in [-0.2, 0) is 12.3 Å². The van der Waals surface area contributed by atoms with Gasteiger partial charge >= 0.3 is 25.7 Å². The van der Waals surface area contributed by atoms with E-state index < -0.39 is 25.7 Å². The van der Waals surface area contributed by atoms with Crippen LogP contribution in [0, 0.1) is 0 Å². The lowest BCUT2D eigenvalue weighted by Crippen LogP contribution is -2.85. The number of rotatable bonds is 3. The van der Waals surface area contributed by atoms with Crippen LogP contribution < -0.4 is 15.6 Å². The predicted molar refractivity (Wildman–Crippen MR) is 158 cm³/mol. The zero-order chi connectivity index (χ0) is 26.5. The van der Waals surface area contributed by atoms with Crippen molar-refractivity contribution in [1.29, 1.82) is 0 Å². The van der Waals surface area contributed by atoms with Gasteiger partial charge in [-0.25, -0.2) is 0 Å². The minimum Gasteiger partial charge on any atom is -0.408 e. The number of hydrogen-bond acceptors (Lipinski definition) is 3. The molecule has 36 heavy (non-hydrogen) atoms. The van der Waals surface area contributed by atoms with Gasteiger partial charge in [-0.15, -0.1) is 0 Å². The van der Waals surface area contributed by atoms with Gasteiger partial charge in [0.1, 0.15) is 0 Å². The van der Waals surface area contributed by atoms with E-state index in [4.69, 9.17) is 12.3 Å². The van der Waals surface area contributed by atoms with E-state index in [1.165, 1.54) is 15.6 Å². The largest absolute Gasteiger partial charge is 0.408 e. The van der Waals surface area contributed by atoms with Gasteiger partial charge in [0.2, 0.25) is 0 Å². The molecule has 1 heterocycles. The van der Waals surface area contributed by atoms with Crippen molar-refractivity contribution in [3.05, 3.63) is 91.0 Å². The topological polar surface area (TPSA) is 27.7 Å². The molecule has 0 radical (unpaired) electrons. The van der Waals surface area contributed by atoms with E-state index in [1.807, 2.05) is 0 Å². The Morgan fingerprint density at radius 2 is 0.556 bits per heavy atom. The highest BCUT2D eigenvalue weighted by atomic mass is 28.5. The Balaban J connectivity index is 2.17. The van der Waals surface area contributed by atoms with Gasteiger partial charge in [-0.1, -0.05) is 153 Å². The summed E-state index contributed by atoms with van der Waals surface area (Å²) in [4.78, 5) is 0. The number of benzene rings is 3. The third-order valence-electron chi connectivity index (χ3n) is 7.29. The van der Waals surface area contributed by atoms with Gasteiger partial charge in [-0.05, 0) is 15.6 Å². The van der Waals surface area contributed by atoms with Crippen molar-refractivity contribution >= 4 is 41.2 Å². The summed E-state index contributed by atoms with van der Waals surface area (Å²) in [5.74, 6) is 0. The summed E-state index contributed by atoms with van der Waals surface area (Å²) >= 11 is 0. The molecule has 192 valence electrons. The summed E-state index contributed by atoms with van der Waals surface area (Å²) in [7, 11) is -9.35. The van der Waals surface area contributed by atoms with Crippen LogP contribution in [0.4, 0.5) is 0 Å².